The standard InChI is InChI=1S/C100H81N/c1-95(2)79-32-20-15-27-66(79)69-43-37-58(49-82(69)95)60-39-45-71-73-47-41-62(53-86(73)98(7,8)84(71)51-60)64-25-18-23-35-91(64)101(93-57-90-94(76-31-14-13-30-75(76)93)78-56-88-77(55-89(78)100(90,11)12)68-29-17-22-34-81(68)97(88,5)6)92-36-24-19-26-65(92)63-42-48-74-72-46-40-61(52-85(72)99(9,10)87(74)54-63)59-38-44-70-67-28-16-21-33-80(67)96(3,4)83(70)50-59/h13-57H,1-12H3. The van der Waals surface area contributed by atoms with E-state index in [1.54, 1.807) is 0 Å². The Morgan fingerprint density at radius 1 is 0.168 bits per heavy atom. The zero-order valence-electron chi connectivity index (χ0n) is 59.9. The van der Waals surface area contributed by atoms with E-state index >= 15 is 0 Å². The molecule has 0 aliphatic heterocycles. The van der Waals surface area contributed by atoms with Crippen LogP contribution in [0.15, 0.2) is 273 Å². The van der Waals surface area contributed by atoms with Crippen molar-refractivity contribution in [2.24, 2.45) is 0 Å². The third-order valence-electron chi connectivity index (χ3n) is 25.7. The largest absolute Gasteiger partial charge is 0.309 e. The predicted octanol–water partition coefficient (Wildman–Crippen LogP) is 26.8. The maximum absolute atomic E-state index is 2.65. The van der Waals surface area contributed by atoms with Crippen molar-refractivity contribution >= 4 is 27.8 Å². The predicted molar refractivity (Wildman–Crippen MR) is 426 cm³/mol. The van der Waals surface area contributed by atoms with Gasteiger partial charge < -0.3 is 4.90 Å². The molecule has 20 rings (SSSR count). The summed E-state index contributed by atoms with van der Waals surface area (Å²) in [6, 6.07) is 106. The lowest BCUT2D eigenvalue weighted by Crippen LogP contribution is -2.18. The second-order valence-electron chi connectivity index (χ2n) is 33.1. The Morgan fingerprint density at radius 3 is 0.822 bits per heavy atom. The Labute approximate surface area is 595 Å². The summed E-state index contributed by atoms with van der Waals surface area (Å²) in [5, 5.41) is 2.49. The molecule has 101 heavy (non-hydrogen) atoms. The minimum Gasteiger partial charge on any atom is -0.309 e. The second kappa shape index (κ2) is 20.4. The van der Waals surface area contributed by atoms with Crippen molar-refractivity contribution in [3.05, 3.63) is 340 Å². The fourth-order valence-electron chi connectivity index (χ4n) is 20.1. The van der Waals surface area contributed by atoms with Gasteiger partial charge >= 0.3 is 0 Å². The van der Waals surface area contributed by atoms with Crippen LogP contribution in [0.4, 0.5) is 17.1 Å². The van der Waals surface area contributed by atoms with E-state index in [1.165, 1.54) is 194 Å². The summed E-state index contributed by atoms with van der Waals surface area (Å²) in [4.78, 5) is 2.65. The number of rotatable bonds is 7. The molecule has 0 amide bonds. The first-order valence-corrected chi connectivity index (χ1v) is 36.5. The molecular weight excluding hydrogens is 1220 g/mol. The van der Waals surface area contributed by atoms with Gasteiger partial charge in [0.1, 0.15) is 0 Å². The molecule has 0 bridgehead atoms. The second-order valence-corrected chi connectivity index (χ2v) is 33.1. The molecule has 1 heteroatoms. The molecule has 0 heterocycles. The van der Waals surface area contributed by atoms with E-state index < -0.39 is 0 Å². The summed E-state index contributed by atoms with van der Waals surface area (Å²) >= 11 is 0. The monoisotopic (exact) mass is 1300 g/mol. The Hall–Kier alpha value is -10.9. The molecule has 0 saturated heterocycles. The van der Waals surface area contributed by atoms with Crippen LogP contribution in [0.5, 0.6) is 0 Å². The molecule has 0 radical (unpaired) electrons. The van der Waals surface area contributed by atoms with Crippen molar-refractivity contribution < 1.29 is 0 Å². The molecule has 1 nitrogen and oxygen atoms in total. The fraction of sp³-hybridized carbons (Fsp3) is 0.180. The van der Waals surface area contributed by atoms with Crippen LogP contribution >= 0.6 is 0 Å². The van der Waals surface area contributed by atoms with E-state index in [0.717, 1.165) is 11.4 Å². The zero-order valence-corrected chi connectivity index (χ0v) is 59.9. The van der Waals surface area contributed by atoms with E-state index in [1.807, 2.05) is 0 Å². The van der Waals surface area contributed by atoms with Gasteiger partial charge in [0.25, 0.3) is 0 Å². The molecule has 0 aromatic heterocycles. The van der Waals surface area contributed by atoms with Crippen LogP contribution in [0.2, 0.25) is 0 Å². The molecule has 0 fully saturated rings. The van der Waals surface area contributed by atoms with Gasteiger partial charge in [0.2, 0.25) is 0 Å². The van der Waals surface area contributed by atoms with Crippen molar-refractivity contribution in [2.45, 2.75) is 116 Å². The van der Waals surface area contributed by atoms with Crippen LogP contribution < -0.4 is 4.90 Å². The van der Waals surface area contributed by atoms with E-state index in [0.29, 0.717) is 0 Å². The van der Waals surface area contributed by atoms with Crippen molar-refractivity contribution in [3.8, 4) is 111 Å². The molecule has 6 aliphatic rings. The van der Waals surface area contributed by atoms with Crippen LogP contribution in [-0.2, 0) is 32.5 Å². The lowest BCUT2D eigenvalue weighted by Gasteiger charge is -2.33. The number of para-hydroxylation sites is 2. The van der Waals surface area contributed by atoms with Gasteiger partial charge in [0.15, 0.2) is 0 Å². The number of benzene rings is 14. The summed E-state index contributed by atoms with van der Waals surface area (Å²) < 4.78 is 0. The van der Waals surface area contributed by atoms with E-state index in [4.69, 9.17) is 0 Å². The minimum atomic E-state index is -0.322. The Kier molecular flexibility index (Phi) is 12.2. The summed E-state index contributed by atoms with van der Waals surface area (Å²) in [5.74, 6) is 0. The highest BCUT2D eigenvalue weighted by atomic mass is 15.1. The van der Waals surface area contributed by atoms with Gasteiger partial charge in [0.05, 0.1) is 17.1 Å². The molecule has 486 valence electrons. The summed E-state index contributed by atoms with van der Waals surface area (Å²) in [6.45, 7) is 29.1. The van der Waals surface area contributed by atoms with Crippen LogP contribution in [0.25, 0.3) is 122 Å². The molecule has 0 unspecified atom stereocenters. The lowest BCUT2D eigenvalue weighted by molar-refractivity contribution is 0.652. The average Bonchev–Trinajstić information content (AvgIpc) is 1.55. The zero-order chi connectivity index (χ0) is 68.8. The first-order chi connectivity index (χ1) is 48.6. The van der Waals surface area contributed by atoms with Crippen molar-refractivity contribution in [2.75, 3.05) is 4.90 Å². The smallest absolute Gasteiger partial charge is 0.0544 e. The third-order valence-corrected chi connectivity index (χ3v) is 25.7. The molecule has 0 N–H and O–H groups in total. The summed E-state index contributed by atoms with van der Waals surface area (Å²) in [6.07, 6.45) is 0. The van der Waals surface area contributed by atoms with Gasteiger partial charge in [-0.2, -0.15) is 0 Å². The number of anilines is 3. The molecule has 6 aliphatic carbocycles. The first-order valence-electron chi connectivity index (χ1n) is 36.5. The first kappa shape index (κ1) is 60.1. The number of hydrogen-bond acceptors (Lipinski definition) is 1. The molecule has 14 aromatic carbocycles. The molecule has 0 spiro atoms. The normalized spacial score (nSPS) is 16.4. The van der Waals surface area contributed by atoms with Gasteiger partial charge in [-0.05, 0) is 239 Å². The van der Waals surface area contributed by atoms with Crippen LogP contribution in [0.1, 0.15) is 150 Å². The molecule has 14 aromatic rings. The number of fused-ring (bicyclic) bond motifs is 20. The number of hydrogen-bond donors (Lipinski definition) is 0. The molecule has 0 atom stereocenters. The van der Waals surface area contributed by atoms with Crippen molar-refractivity contribution in [1.82, 2.24) is 0 Å². The van der Waals surface area contributed by atoms with Gasteiger partial charge in [-0.15, -0.1) is 0 Å². The number of nitrogens with zero attached hydrogens (tertiary/aromatic N) is 1. The van der Waals surface area contributed by atoms with Gasteiger partial charge in [-0.1, -0.05) is 289 Å². The quantitative estimate of drug-likeness (QED) is 0.154. The van der Waals surface area contributed by atoms with Crippen LogP contribution in [0.3, 0.4) is 0 Å². The molecular formula is C100H81N. The average molecular weight is 1300 g/mol. The Bertz CT molecular complexity index is 5760. The molecule has 0 saturated carbocycles. The summed E-state index contributed by atoms with van der Waals surface area (Å²) in [7, 11) is 0. The lowest BCUT2D eigenvalue weighted by atomic mass is 9.79. The van der Waals surface area contributed by atoms with E-state index in [2.05, 4.69) is 361 Å². The van der Waals surface area contributed by atoms with E-state index in [-0.39, 0.29) is 32.5 Å². The van der Waals surface area contributed by atoms with Gasteiger partial charge in [-0.25, -0.2) is 0 Å². The Morgan fingerprint density at radius 2 is 0.426 bits per heavy atom. The fourth-order valence-corrected chi connectivity index (χ4v) is 20.1. The Balaban J connectivity index is 0.735. The highest BCUT2D eigenvalue weighted by Crippen LogP contribution is 2.62. The van der Waals surface area contributed by atoms with Crippen LogP contribution in [0, 0.1) is 0 Å². The topological polar surface area (TPSA) is 3.24 Å². The van der Waals surface area contributed by atoms with Gasteiger partial charge in [0, 0.05) is 49.0 Å². The van der Waals surface area contributed by atoms with Gasteiger partial charge in [-0.3, -0.25) is 0 Å². The van der Waals surface area contributed by atoms with Crippen molar-refractivity contribution in [3.63, 3.8) is 0 Å². The van der Waals surface area contributed by atoms with E-state index in [9.17, 15) is 0 Å². The van der Waals surface area contributed by atoms with Crippen LogP contribution in [-0.4, -0.2) is 0 Å². The highest BCUT2D eigenvalue weighted by molar-refractivity contribution is 6.12. The maximum Gasteiger partial charge on any atom is 0.0544 e. The SMILES string of the molecule is CC1(C)c2ccccc2-c2ccc(-c3ccc4c(c3)C(C)(C)c3cc(-c5ccccc5N(c5ccccc5-c5ccc6c(c5)C(C)(C)c5cc(-c7ccc8c(c7)C(C)(C)c7ccccc7-8)ccc5-6)c5cc6c(c7ccccc57)-c5cc7c(cc5C6(C)C)-c5ccccc5C7(C)C)ccc3-4)cc21. The minimum absolute atomic E-state index is 0.0744. The third kappa shape index (κ3) is 8.10. The maximum atomic E-state index is 2.65. The highest BCUT2D eigenvalue weighted by Gasteiger charge is 2.45. The summed E-state index contributed by atoms with van der Waals surface area (Å²) in [5.41, 5.74) is 44.8. The van der Waals surface area contributed by atoms with Crippen molar-refractivity contribution in [1.29, 1.82) is 0 Å².